The van der Waals surface area contributed by atoms with E-state index in [4.69, 9.17) is 0 Å². The normalized spacial score (nSPS) is 9.27. The number of halogens is 1. The summed E-state index contributed by atoms with van der Waals surface area (Å²) in [6.07, 6.45) is 0.863. The Balaban J connectivity index is 0.000000531. The third-order valence-electron chi connectivity index (χ3n) is 1.96. The summed E-state index contributed by atoms with van der Waals surface area (Å²) in [5.74, 6) is 0. The molecule has 2 aromatic carbocycles. The summed E-state index contributed by atoms with van der Waals surface area (Å²) in [7, 11) is 0. The van der Waals surface area contributed by atoms with Crippen molar-refractivity contribution in [3.63, 3.8) is 0 Å². The Kier molecular flexibility index (Phi) is 4.50. The van der Waals surface area contributed by atoms with Gasteiger partial charge in [0.2, 0.25) is 0 Å². The van der Waals surface area contributed by atoms with E-state index >= 15 is 0 Å². The van der Waals surface area contributed by atoms with E-state index in [1.54, 1.807) is 0 Å². The van der Waals surface area contributed by atoms with Crippen molar-refractivity contribution in [1.29, 1.82) is 0 Å². The molecule has 0 fully saturated rings. The molecule has 0 bridgehead atoms. The first-order chi connectivity index (χ1) is 7.29. The lowest BCUT2D eigenvalue weighted by atomic mass is 10.1. The fourth-order valence-electron chi connectivity index (χ4n) is 1.31. The quantitative estimate of drug-likeness (QED) is 0.696. The molecule has 0 amide bonds. The molecule has 0 saturated carbocycles. The van der Waals surface area contributed by atoms with Crippen LogP contribution in [0, 0.1) is 0 Å². The summed E-state index contributed by atoms with van der Waals surface area (Å²) in [4.78, 5) is 10.5. The van der Waals surface area contributed by atoms with Gasteiger partial charge in [0.05, 0.1) is 0 Å². The van der Waals surface area contributed by atoms with E-state index in [1.807, 2.05) is 50.2 Å². The highest BCUT2D eigenvalue weighted by Gasteiger charge is 1.95. The van der Waals surface area contributed by atoms with Gasteiger partial charge in [-0.15, -0.1) is 0 Å². The zero-order chi connectivity index (χ0) is 11.3. The maximum Gasteiger partial charge on any atom is 0.150 e. The van der Waals surface area contributed by atoms with Crippen LogP contribution in [0.3, 0.4) is 0 Å². The molecule has 2 aromatic rings. The molecule has 0 spiro atoms. The first-order valence-electron chi connectivity index (χ1n) is 4.94. The molecule has 0 N–H and O–H groups in total. The molecule has 0 saturated heterocycles. The summed E-state index contributed by atoms with van der Waals surface area (Å²) >= 11 is 3.40. The Morgan fingerprint density at radius 1 is 1.00 bits per heavy atom. The molecule has 1 nitrogen and oxygen atoms in total. The summed E-state index contributed by atoms with van der Waals surface area (Å²) in [6, 6.07) is 11.6. The Morgan fingerprint density at radius 3 is 2.27 bits per heavy atom. The third kappa shape index (κ3) is 2.90. The van der Waals surface area contributed by atoms with Crippen LogP contribution in [0.25, 0.3) is 10.8 Å². The number of carbonyl (C=O) groups is 1. The summed E-state index contributed by atoms with van der Waals surface area (Å²) in [5.41, 5.74) is 0.717. The van der Waals surface area contributed by atoms with Crippen molar-refractivity contribution in [3.8, 4) is 0 Å². The van der Waals surface area contributed by atoms with Crippen LogP contribution in [0.4, 0.5) is 0 Å². The number of benzene rings is 2. The van der Waals surface area contributed by atoms with E-state index in [2.05, 4.69) is 15.9 Å². The fourth-order valence-corrected chi connectivity index (χ4v) is 1.69. The number of aldehydes is 1. The monoisotopic (exact) mass is 264 g/mol. The lowest BCUT2D eigenvalue weighted by Gasteiger charge is -1.98. The summed E-state index contributed by atoms with van der Waals surface area (Å²) in [6.45, 7) is 4.00. The van der Waals surface area contributed by atoms with E-state index in [1.165, 1.54) is 0 Å². The van der Waals surface area contributed by atoms with Crippen LogP contribution in [-0.2, 0) is 0 Å². The van der Waals surface area contributed by atoms with Crippen molar-refractivity contribution in [2.75, 3.05) is 0 Å². The van der Waals surface area contributed by atoms with Crippen LogP contribution in [-0.4, -0.2) is 6.29 Å². The van der Waals surface area contributed by atoms with Gasteiger partial charge in [0, 0.05) is 10.0 Å². The molecule has 0 radical (unpaired) electrons. The van der Waals surface area contributed by atoms with Gasteiger partial charge in [0.15, 0.2) is 0 Å². The first kappa shape index (κ1) is 11.9. The van der Waals surface area contributed by atoms with Gasteiger partial charge in [-0.2, -0.15) is 0 Å². The molecule has 0 heterocycles. The van der Waals surface area contributed by atoms with Crippen LogP contribution in [0.1, 0.15) is 24.2 Å². The Bertz CT molecular complexity index is 463. The van der Waals surface area contributed by atoms with Crippen LogP contribution in [0.15, 0.2) is 40.9 Å². The lowest BCUT2D eigenvalue weighted by molar-refractivity contribution is 0.112. The molecule has 0 aliphatic carbocycles. The van der Waals surface area contributed by atoms with Gasteiger partial charge in [-0.3, -0.25) is 4.79 Å². The van der Waals surface area contributed by atoms with Gasteiger partial charge < -0.3 is 0 Å². The molecule has 0 aliphatic heterocycles. The van der Waals surface area contributed by atoms with Crippen LogP contribution >= 0.6 is 15.9 Å². The van der Waals surface area contributed by atoms with Crippen molar-refractivity contribution in [3.05, 3.63) is 46.4 Å². The van der Waals surface area contributed by atoms with Crippen LogP contribution < -0.4 is 0 Å². The van der Waals surface area contributed by atoms with Gasteiger partial charge in [-0.05, 0) is 29.0 Å². The van der Waals surface area contributed by atoms with E-state index in [0.29, 0.717) is 0 Å². The maximum atomic E-state index is 10.5. The van der Waals surface area contributed by atoms with Gasteiger partial charge in [-0.1, -0.05) is 48.0 Å². The van der Waals surface area contributed by atoms with Crippen molar-refractivity contribution >= 4 is 33.0 Å². The largest absolute Gasteiger partial charge is 0.298 e. The standard InChI is InChI=1S/C11H7BrO.C2H6/c12-11-4-3-9-5-8(7-13)1-2-10(9)6-11;1-2/h1-7H;1-2H3. The highest BCUT2D eigenvalue weighted by molar-refractivity contribution is 9.10. The van der Waals surface area contributed by atoms with Crippen molar-refractivity contribution in [2.45, 2.75) is 13.8 Å². The second-order valence-electron chi connectivity index (χ2n) is 2.87. The summed E-state index contributed by atoms with van der Waals surface area (Å²) < 4.78 is 1.05. The molecule has 2 heteroatoms. The van der Waals surface area contributed by atoms with Crippen molar-refractivity contribution in [2.24, 2.45) is 0 Å². The molecule has 0 atom stereocenters. The molecule has 78 valence electrons. The Labute approximate surface area is 98.2 Å². The highest BCUT2D eigenvalue weighted by atomic mass is 79.9. The minimum absolute atomic E-state index is 0.717. The SMILES string of the molecule is CC.O=Cc1ccc2cc(Br)ccc2c1. The smallest absolute Gasteiger partial charge is 0.150 e. The third-order valence-corrected chi connectivity index (χ3v) is 2.46. The predicted octanol–water partition coefficient (Wildman–Crippen LogP) is 4.44. The van der Waals surface area contributed by atoms with E-state index in [-0.39, 0.29) is 0 Å². The predicted molar refractivity (Wildman–Crippen MR) is 68.4 cm³/mol. The maximum absolute atomic E-state index is 10.5. The van der Waals surface area contributed by atoms with Crippen molar-refractivity contribution < 1.29 is 4.79 Å². The zero-order valence-electron chi connectivity index (χ0n) is 8.83. The second-order valence-corrected chi connectivity index (χ2v) is 3.78. The average molecular weight is 265 g/mol. The number of rotatable bonds is 1. The average Bonchev–Trinajstić information content (AvgIpc) is 2.31. The molecule has 0 aromatic heterocycles. The highest BCUT2D eigenvalue weighted by Crippen LogP contribution is 2.20. The van der Waals surface area contributed by atoms with Crippen LogP contribution in [0.2, 0.25) is 0 Å². The number of hydrogen-bond acceptors (Lipinski definition) is 1. The number of fused-ring (bicyclic) bond motifs is 1. The van der Waals surface area contributed by atoms with Gasteiger partial charge >= 0.3 is 0 Å². The minimum atomic E-state index is 0.717. The molecular formula is C13H13BrO. The zero-order valence-corrected chi connectivity index (χ0v) is 10.4. The van der Waals surface area contributed by atoms with Crippen molar-refractivity contribution in [1.82, 2.24) is 0 Å². The Morgan fingerprint density at radius 2 is 1.60 bits per heavy atom. The number of carbonyl (C=O) groups excluding carboxylic acids is 1. The van der Waals surface area contributed by atoms with Gasteiger partial charge in [0.1, 0.15) is 6.29 Å². The lowest BCUT2D eigenvalue weighted by Crippen LogP contribution is -1.79. The molecule has 2 rings (SSSR count). The van der Waals surface area contributed by atoms with E-state index in [9.17, 15) is 4.79 Å². The second kappa shape index (κ2) is 5.66. The molecule has 15 heavy (non-hydrogen) atoms. The van der Waals surface area contributed by atoms with Gasteiger partial charge in [-0.25, -0.2) is 0 Å². The molecule has 0 aliphatic rings. The van der Waals surface area contributed by atoms with Crippen LogP contribution in [0.5, 0.6) is 0 Å². The fraction of sp³-hybridized carbons (Fsp3) is 0.154. The van der Waals surface area contributed by atoms with E-state index in [0.717, 1.165) is 27.1 Å². The molecule has 0 unspecified atom stereocenters. The summed E-state index contributed by atoms with van der Waals surface area (Å²) in [5, 5.41) is 2.23. The van der Waals surface area contributed by atoms with E-state index < -0.39 is 0 Å². The topological polar surface area (TPSA) is 17.1 Å². The molecular weight excluding hydrogens is 252 g/mol. The first-order valence-corrected chi connectivity index (χ1v) is 5.73. The minimum Gasteiger partial charge on any atom is -0.298 e. The Hall–Kier alpha value is -1.15. The number of hydrogen-bond donors (Lipinski definition) is 0. The van der Waals surface area contributed by atoms with Gasteiger partial charge in [0.25, 0.3) is 0 Å².